The van der Waals surface area contributed by atoms with Crippen LogP contribution in [0, 0.1) is 5.21 Å². The highest BCUT2D eigenvalue weighted by Gasteiger charge is 2.15. The fraction of sp³-hybridized carbons (Fsp3) is 0.250. The van der Waals surface area contributed by atoms with Gasteiger partial charge in [-0.15, -0.1) is 4.85 Å². The molecule has 2 rings (SSSR count). The highest BCUT2D eigenvalue weighted by molar-refractivity contribution is 5.25. The molecule has 0 bridgehead atoms. The van der Waals surface area contributed by atoms with Crippen LogP contribution in [-0.2, 0) is 6.54 Å². The van der Waals surface area contributed by atoms with Gasteiger partial charge in [-0.05, 0) is 6.08 Å². The summed E-state index contributed by atoms with van der Waals surface area (Å²) in [5, 5.41) is 20.2. The average molecular weight is 139 g/mol. The molecule has 0 amide bonds. The van der Waals surface area contributed by atoms with Gasteiger partial charge >= 0.3 is 5.95 Å². The van der Waals surface area contributed by atoms with E-state index >= 15 is 0 Å². The summed E-state index contributed by atoms with van der Waals surface area (Å²) in [6, 6.07) is 0. The second-order valence-corrected chi connectivity index (χ2v) is 1.90. The zero-order valence-electron chi connectivity index (χ0n) is 5.06. The lowest BCUT2D eigenvalue weighted by molar-refractivity contribution is -0.656. The van der Waals surface area contributed by atoms with Gasteiger partial charge in [0.25, 0.3) is 0 Å². The molecule has 2 heterocycles. The van der Waals surface area contributed by atoms with Crippen LogP contribution in [0.15, 0.2) is 12.3 Å². The van der Waals surface area contributed by atoms with Crippen molar-refractivity contribution in [1.29, 1.82) is 0 Å². The molecule has 1 aromatic rings. The number of allylic oxidation sites excluding steroid dienone is 1. The lowest BCUT2D eigenvalue weighted by atomic mass is 10.5. The lowest BCUT2D eigenvalue weighted by Gasteiger charge is -2.03. The molecule has 0 aromatic carbocycles. The van der Waals surface area contributed by atoms with E-state index < -0.39 is 0 Å². The Morgan fingerprint density at radius 2 is 2.70 bits per heavy atom. The minimum absolute atomic E-state index is 0.363. The van der Waals surface area contributed by atoms with Crippen molar-refractivity contribution in [2.45, 2.75) is 6.54 Å². The number of anilines is 1. The fourth-order valence-electron chi connectivity index (χ4n) is 0.807. The van der Waals surface area contributed by atoms with Gasteiger partial charge in [0.2, 0.25) is 0 Å². The first-order valence-electron chi connectivity index (χ1n) is 2.83. The molecule has 0 fully saturated rings. The molecule has 10 heavy (non-hydrogen) atoms. The van der Waals surface area contributed by atoms with Crippen LogP contribution in [0.1, 0.15) is 0 Å². The minimum atomic E-state index is 0.363. The maximum Gasteiger partial charge on any atom is 0.369 e. The van der Waals surface area contributed by atoms with Crippen LogP contribution in [0.3, 0.4) is 0 Å². The second kappa shape index (κ2) is 1.69. The van der Waals surface area contributed by atoms with Gasteiger partial charge in [-0.1, -0.05) is 4.68 Å². The van der Waals surface area contributed by atoms with Crippen LogP contribution in [-0.4, -0.2) is 15.1 Å². The summed E-state index contributed by atoms with van der Waals surface area (Å²) in [6.45, 7) is 0.602. The number of aromatic nitrogens is 4. The molecule has 0 radical (unpaired) electrons. The van der Waals surface area contributed by atoms with Crippen molar-refractivity contribution in [1.82, 2.24) is 15.1 Å². The molecule has 6 nitrogen and oxygen atoms in total. The topological polar surface area (TPSA) is 69.7 Å². The van der Waals surface area contributed by atoms with E-state index in [-0.39, 0.29) is 0 Å². The van der Waals surface area contributed by atoms with Crippen molar-refractivity contribution in [3.05, 3.63) is 17.5 Å². The Bertz CT molecular complexity index is 277. The first-order chi connectivity index (χ1) is 4.88. The summed E-state index contributed by atoms with van der Waals surface area (Å²) < 4.78 is 1.48. The summed E-state index contributed by atoms with van der Waals surface area (Å²) >= 11 is 0. The fourth-order valence-corrected chi connectivity index (χ4v) is 0.807. The quantitative estimate of drug-likeness (QED) is 0.364. The molecule has 0 atom stereocenters. The molecule has 0 unspecified atom stereocenters. The summed E-state index contributed by atoms with van der Waals surface area (Å²) in [7, 11) is 0. The number of hydrogen-bond acceptors (Lipinski definition) is 4. The standard InChI is InChI=1S/C4H5N5O/c10-9-4-5-2-1-3-8(4)6-7-9/h1-2,5H,3H2. The number of fused-ring (bicyclic) bond motifs is 1. The van der Waals surface area contributed by atoms with Crippen molar-refractivity contribution in [2.24, 2.45) is 0 Å². The number of hydrogen-bond donors (Lipinski definition) is 1. The van der Waals surface area contributed by atoms with E-state index in [0.29, 0.717) is 17.3 Å². The summed E-state index contributed by atoms with van der Waals surface area (Å²) in [6.07, 6.45) is 3.54. The molecule has 1 N–H and O–H groups in total. The van der Waals surface area contributed by atoms with Gasteiger partial charge in [0.1, 0.15) is 11.8 Å². The van der Waals surface area contributed by atoms with Crippen LogP contribution in [0.2, 0.25) is 0 Å². The molecule has 1 aromatic heterocycles. The predicted molar refractivity (Wildman–Crippen MR) is 31.7 cm³/mol. The molecule has 6 heteroatoms. The molecule has 0 saturated heterocycles. The van der Waals surface area contributed by atoms with Gasteiger partial charge in [0, 0.05) is 6.20 Å². The van der Waals surface area contributed by atoms with Crippen molar-refractivity contribution < 1.29 is 4.85 Å². The Balaban J connectivity index is 2.50. The number of nitrogens with zero attached hydrogens (tertiary/aromatic N) is 4. The van der Waals surface area contributed by atoms with E-state index in [9.17, 15) is 5.21 Å². The third-order valence-electron chi connectivity index (χ3n) is 1.26. The second-order valence-electron chi connectivity index (χ2n) is 1.90. The Morgan fingerprint density at radius 3 is 3.50 bits per heavy atom. The van der Waals surface area contributed by atoms with Crippen LogP contribution < -0.4 is 10.2 Å². The maximum atomic E-state index is 10.7. The van der Waals surface area contributed by atoms with E-state index in [4.69, 9.17) is 0 Å². The molecule has 0 aliphatic carbocycles. The molecule has 52 valence electrons. The van der Waals surface area contributed by atoms with Crippen molar-refractivity contribution in [3.8, 4) is 0 Å². The van der Waals surface area contributed by atoms with Gasteiger partial charge in [-0.2, -0.15) is 0 Å². The van der Waals surface area contributed by atoms with Crippen LogP contribution in [0.4, 0.5) is 5.95 Å². The lowest BCUT2D eigenvalue weighted by Crippen LogP contribution is -2.32. The van der Waals surface area contributed by atoms with Gasteiger partial charge in [0.05, 0.1) is 5.21 Å². The summed E-state index contributed by atoms with van der Waals surface area (Å²) in [4.78, 5) is 0.448. The largest absolute Gasteiger partial charge is 0.736 e. The highest BCUT2D eigenvalue weighted by Crippen LogP contribution is 2.01. The third-order valence-corrected chi connectivity index (χ3v) is 1.26. The van der Waals surface area contributed by atoms with Gasteiger partial charge in [0.15, 0.2) is 0 Å². The Morgan fingerprint density at radius 1 is 1.80 bits per heavy atom. The number of nitrogens with one attached hydrogen (secondary N) is 1. The normalized spacial score (nSPS) is 14.4. The zero-order chi connectivity index (χ0) is 6.97. The van der Waals surface area contributed by atoms with Gasteiger partial charge < -0.3 is 5.21 Å². The molecule has 1 aliphatic heterocycles. The zero-order valence-corrected chi connectivity index (χ0v) is 5.06. The monoisotopic (exact) mass is 139 g/mol. The highest BCUT2D eigenvalue weighted by atomic mass is 16.5. The molecular weight excluding hydrogens is 134 g/mol. The average Bonchev–Trinajstić information content (AvgIpc) is 2.34. The number of rotatable bonds is 0. The Kier molecular flexibility index (Phi) is 0.883. The van der Waals surface area contributed by atoms with E-state index in [0.717, 1.165) is 0 Å². The maximum absolute atomic E-state index is 10.7. The van der Waals surface area contributed by atoms with E-state index in [1.165, 1.54) is 4.68 Å². The van der Waals surface area contributed by atoms with Crippen LogP contribution in [0.25, 0.3) is 0 Å². The SMILES string of the molecule is [O-][n+]1nnn2c1NC=CC2. The summed E-state index contributed by atoms with van der Waals surface area (Å²) in [5.41, 5.74) is 0. The minimum Gasteiger partial charge on any atom is -0.736 e. The molecular formula is C4H5N5O. The third kappa shape index (κ3) is 0.554. The Hall–Kier alpha value is -1.59. The van der Waals surface area contributed by atoms with E-state index in [1.807, 2.05) is 6.08 Å². The van der Waals surface area contributed by atoms with Crippen LogP contribution in [0.5, 0.6) is 0 Å². The summed E-state index contributed by atoms with van der Waals surface area (Å²) in [5.74, 6) is 0.363. The number of tetrazole rings is 1. The van der Waals surface area contributed by atoms with Crippen LogP contribution >= 0.6 is 0 Å². The molecule has 1 aliphatic rings. The van der Waals surface area contributed by atoms with E-state index in [2.05, 4.69) is 15.7 Å². The Labute approximate surface area is 56.3 Å². The first-order valence-corrected chi connectivity index (χ1v) is 2.83. The molecule has 0 spiro atoms. The van der Waals surface area contributed by atoms with Gasteiger partial charge in [-0.3, -0.25) is 5.32 Å². The molecule has 0 saturated carbocycles. The first kappa shape index (κ1) is 5.21. The van der Waals surface area contributed by atoms with Gasteiger partial charge in [-0.25, -0.2) is 0 Å². The predicted octanol–water partition coefficient (Wildman–Crippen LogP) is -1.15. The van der Waals surface area contributed by atoms with Crippen molar-refractivity contribution in [2.75, 3.05) is 5.32 Å². The van der Waals surface area contributed by atoms with Crippen molar-refractivity contribution in [3.63, 3.8) is 0 Å². The van der Waals surface area contributed by atoms with Crippen molar-refractivity contribution >= 4 is 5.95 Å². The van der Waals surface area contributed by atoms with E-state index in [1.54, 1.807) is 6.20 Å². The smallest absolute Gasteiger partial charge is 0.369 e.